The molecule has 0 saturated heterocycles. The highest BCUT2D eigenvalue weighted by molar-refractivity contribution is 6.01. The Labute approximate surface area is 200 Å². The van der Waals surface area contributed by atoms with Crippen molar-refractivity contribution in [2.24, 2.45) is 5.10 Å². The molecule has 0 saturated carbocycles. The fraction of sp³-hybridized carbons (Fsp3) is 0.0769. The Hall–Kier alpha value is -4.92. The first-order valence-corrected chi connectivity index (χ1v) is 10.5. The van der Waals surface area contributed by atoms with Gasteiger partial charge in [-0.3, -0.25) is 14.9 Å². The van der Waals surface area contributed by atoms with Crippen molar-refractivity contribution in [3.05, 3.63) is 106 Å². The fourth-order valence-electron chi connectivity index (χ4n) is 3.44. The Balaban J connectivity index is 1.42. The number of hydrogen-bond acceptors (Lipinski definition) is 7. The lowest BCUT2D eigenvalue weighted by Gasteiger charge is -2.11. The molecule has 0 bridgehead atoms. The fourth-order valence-corrected chi connectivity index (χ4v) is 3.44. The maximum absolute atomic E-state index is 12.5. The summed E-state index contributed by atoms with van der Waals surface area (Å²) >= 11 is 0. The number of amides is 1. The second kappa shape index (κ2) is 10.3. The van der Waals surface area contributed by atoms with Gasteiger partial charge in [0, 0.05) is 12.1 Å². The Kier molecular flexibility index (Phi) is 6.87. The second-order valence-corrected chi connectivity index (χ2v) is 7.54. The summed E-state index contributed by atoms with van der Waals surface area (Å²) in [6, 6.07) is 21.8. The van der Waals surface area contributed by atoms with E-state index >= 15 is 0 Å². The van der Waals surface area contributed by atoms with Gasteiger partial charge in [0.1, 0.15) is 12.4 Å². The lowest BCUT2D eigenvalue weighted by molar-refractivity contribution is -0.384. The highest BCUT2D eigenvalue weighted by atomic mass is 16.6. The molecule has 176 valence electrons. The van der Waals surface area contributed by atoms with Gasteiger partial charge in [-0.1, -0.05) is 36.4 Å². The zero-order chi connectivity index (χ0) is 24.8. The quantitative estimate of drug-likeness (QED) is 0.216. The predicted octanol–water partition coefficient (Wildman–Crippen LogP) is 4.81. The number of nitro groups is 1. The molecule has 0 spiro atoms. The van der Waals surface area contributed by atoms with Crippen LogP contribution in [0.1, 0.15) is 21.5 Å². The summed E-state index contributed by atoms with van der Waals surface area (Å²) < 4.78 is 11.1. The van der Waals surface area contributed by atoms with Crippen LogP contribution < -0.4 is 14.9 Å². The number of ether oxygens (including phenoxy) is 2. The minimum Gasteiger partial charge on any atom is -0.507 e. The normalized spacial score (nSPS) is 10.9. The van der Waals surface area contributed by atoms with Crippen LogP contribution in [-0.4, -0.2) is 29.3 Å². The summed E-state index contributed by atoms with van der Waals surface area (Å²) in [5.74, 6) is 0.191. The number of benzene rings is 4. The van der Waals surface area contributed by atoms with Gasteiger partial charge in [0.2, 0.25) is 0 Å². The highest BCUT2D eigenvalue weighted by Crippen LogP contribution is 2.29. The molecule has 0 fully saturated rings. The lowest BCUT2D eigenvalue weighted by Crippen LogP contribution is -2.17. The number of nitrogens with zero attached hydrogens (tertiary/aromatic N) is 2. The van der Waals surface area contributed by atoms with Crippen LogP contribution >= 0.6 is 0 Å². The van der Waals surface area contributed by atoms with Gasteiger partial charge in [0.05, 0.1) is 23.8 Å². The van der Waals surface area contributed by atoms with E-state index in [-0.39, 0.29) is 23.6 Å². The summed E-state index contributed by atoms with van der Waals surface area (Å²) in [5.41, 5.74) is 3.79. The van der Waals surface area contributed by atoms with E-state index in [0.717, 1.165) is 10.8 Å². The van der Waals surface area contributed by atoms with Crippen molar-refractivity contribution < 1.29 is 24.3 Å². The van der Waals surface area contributed by atoms with Crippen molar-refractivity contribution in [2.75, 3.05) is 7.11 Å². The number of rotatable bonds is 8. The molecule has 1 amide bonds. The molecule has 35 heavy (non-hydrogen) atoms. The van der Waals surface area contributed by atoms with E-state index in [9.17, 15) is 20.0 Å². The van der Waals surface area contributed by atoms with Crippen LogP contribution in [-0.2, 0) is 6.61 Å². The number of aromatic hydroxyl groups is 1. The van der Waals surface area contributed by atoms with Crippen LogP contribution in [0, 0.1) is 10.1 Å². The van der Waals surface area contributed by atoms with Crippen molar-refractivity contribution in [2.45, 2.75) is 6.61 Å². The van der Waals surface area contributed by atoms with Gasteiger partial charge >= 0.3 is 0 Å². The first-order valence-electron chi connectivity index (χ1n) is 10.5. The Morgan fingerprint density at radius 1 is 1.03 bits per heavy atom. The molecule has 0 heterocycles. The van der Waals surface area contributed by atoms with Crippen LogP contribution in [0.25, 0.3) is 10.8 Å². The molecule has 0 aromatic heterocycles. The molecular weight excluding hydrogens is 450 g/mol. The molecule has 9 heteroatoms. The lowest BCUT2D eigenvalue weighted by atomic mass is 10.1. The number of hydrazone groups is 1. The highest BCUT2D eigenvalue weighted by Gasteiger charge is 2.12. The number of carbonyl (C=O) groups is 1. The summed E-state index contributed by atoms with van der Waals surface area (Å²) in [5, 5.41) is 26.7. The van der Waals surface area contributed by atoms with E-state index in [2.05, 4.69) is 10.5 Å². The maximum atomic E-state index is 12.5. The smallest absolute Gasteiger partial charge is 0.275 e. The topological polar surface area (TPSA) is 123 Å². The van der Waals surface area contributed by atoms with E-state index in [1.54, 1.807) is 36.4 Å². The third-order valence-corrected chi connectivity index (χ3v) is 5.19. The molecule has 0 aliphatic carbocycles. The molecule has 0 aliphatic heterocycles. The van der Waals surface area contributed by atoms with E-state index in [4.69, 9.17) is 9.47 Å². The summed E-state index contributed by atoms with van der Waals surface area (Å²) in [6.07, 6.45) is 1.43. The largest absolute Gasteiger partial charge is 0.507 e. The van der Waals surface area contributed by atoms with Gasteiger partial charge in [0.25, 0.3) is 11.6 Å². The van der Waals surface area contributed by atoms with Crippen molar-refractivity contribution in [3.63, 3.8) is 0 Å². The van der Waals surface area contributed by atoms with Gasteiger partial charge in [-0.05, 0) is 52.2 Å². The van der Waals surface area contributed by atoms with Crippen molar-refractivity contribution in [3.8, 4) is 17.2 Å². The van der Waals surface area contributed by atoms with E-state index in [1.165, 1.54) is 31.5 Å². The number of nitrogens with one attached hydrogen (secondary N) is 1. The van der Waals surface area contributed by atoms with Gasteiger partial charge in [-0.2, -0.15) is 5.10 Å². The molecule has 0 unspecified atom stereocenters. The van der Waals surface area contributed by atoms with Gasteiger partial charge in [-0.25, -0.2) is 5.43 Å². The van der Waals surface area contributed by atoms with Gasteiger partial charge in [0.15, 0.2) is 11.5 Å². The molecule has 4 rings (SSSR count). The zero-order valence-electron chi connectivity index (χ0n) is 18.7. The number of phenolic OH excluding ortho intramolecular Hbond substituents is 1. The number of carbonyl (C=O) groups excluding carboxylic acids is 1. The van der Waals surface area contributed by atoms with Crippen molar-refractivity contribution in [1.29, 1.82) is 0 Å². The number of hydrogen-bond donors (Lipinski definition) is 2. The molecule has 0 aliphatic rings. The predicted molar refractivity (Wildman–Crippen MR) is 131 cm³/mol. The SMILES string of the molecule is COc1cc(C=NNC(=O)c2cc3ccccc3cc2O)ccc1OCc1cccc([N+](=O)[O-])c1. The Morgan fingerprint density at radius 3 is 2.54 bits per heavy atom. The summed E-state index contributed by atoms with van der Waals surface area (Å²) in [6.45, 7) is 0.122. The zero-order valence-corrected chi connectivity index (χ0v) is 18.7. The van der Waals surface area contributed by atoms with Crippen LogP contribution in [0.5, 0.6) is 17.2 Å². The van der Waals surface area contributed by atoms with E-state index in [0.29, 0.717) is 22.6 Å². The van der Waals surface area contributed by atoms with Crippen LogP contribution in [0.2, 0.25) is 0 Å². The average molecular weight is 471 g/mol. The molecule has 0 atom stereocenters. The minimum absolute atomic E-state index is 0.0105. The average Bonchev–Trinajstić information content (AvgIpc) is 2.87. The summed E-state index contributed by atoms with van der Waals surface area (Å²) in [4.78, 5) is 23.0. The monoisotopic (exact) mass is 471 g/mol. The third kappa shape index (κ3) is 5.53. The molecule has 4 aromatic rings. The van der Waals surface area contributed by atoms with Crippen LogP contribution in [0.3, 0.4) is 0 Å². The van der Waals surface area contributed by atoms with Gasteiger partial charge in [-0.15, -0.1) is 0 Å². The molecule has 2 N–H and O–H groups in total. The summed E-state index contributed by atoms with van der Waals surface area (Å²) in [7, 11) is 1.49. The molecule has 9 nitrogen and oxygen atoms in total. The minimum atomic E-state index is -0.548. The Bertz CT molecular complexity index is 1430. The first kappa shape index (κ1) is 23.2. The second-order valence-electron chi connectivity index (χ2n) is 7.54. The van der Waals surface area contributed by atoms with Crippen molar-refractivity contribution >= 4 is 28.6 Å². The third-order valence-electron chi connectivity index (χ3n) is 5.19. The number of fused-ring (bicyclic) bond motifs is 1. The number of methoxy groups -OCH3 is 1. The number of phenols is 1. The maximum Gasteiger partial charge on any atom is 0.275 e. The number of non-ortho nitro benzene ring substituents is 1. The number of nitro benzene ring substituents is 1. The standard InChI is InChI=1S/C26H21N3O6/c1-34-25-12-17(9-10-24(25)35-16-18-5-4-8-21(11-18)29(32)33)15-27-28-26(31)22-13-19-6-2-3-7-20(19)14-23(22)30/h2-15,30H,16H2,1H3,(H,28,31). The first-order chi connectivity index (χ1) is 16.9. The van der Waals surface area contributed by atoms with E-state index < -0.39 is 10.8 Å². The van der Waals surface area contributed by atoms with Gasteiger partial charge < -0.3 is 14.6 Å². The van der Waals surface area contributed by atoms with E-state index in [1.807, 2.05) is 24.3 Å². The van der Waals surface area contributed by atoms with Crippen molar-refractivity contribution in [1.82, 2.24) is 5.43 Å². The van der Waals surface area contributed by atoms with Crippen LogP contribution in [0.15, 0.2) is 84.0 Å². The molecule has 0 radical (unpaired) electrons. The molecule has 4 aromatic carbocycles. The van der Waals surface area contributed by atoms with Crippen LogP contribution in [0.4, 0.5) is 5.69 Å². The Morgan fingerprint density at radius 2 is 1.80 bits per heavy atom. The molecular formula is C26H21N3O6.